The summed E-state index contributed by atoms with van der Waals surface area (Å²) in [4.78, 5) is 0. The Bertz CT molecular complexity index is 317. The van der Waals surface area contributed by atoms with Crippen LogP contribution in [-0.4, -0.2) is 6.54 Å². The van der Waals surface area contributed by atoms with Gasteiger partial charge in [-0.05, 0) is 40.0 Å². The molecule has 1 aromatic carbocycles. The number of nitrogens with two attached hydrogens (primary N) is 1. The van der Waals surface area contributed by atoms with Gasteiger partial charge in [0.05, 0.1) is 9.50 Å². The van der Waals surface area contributed by atoms with Gasteiger partial charge in [-0.25, -0.2) is 4.39 Å². The fourth-order valence-corrected chi connectivity index (χ4v) is 2.06. The second kappa shape index (κ2) is 4.40. The van der Waals surface area contributed by atoms with Crippen molar-refractivity contribution in [2.24, 2.45) is 5.73 Å². The predicted octanol–water partition coefficient (Wildman–Crippen LogP) is 3.30. The minimum Gasteiger partial charge on any atom is -0.330 e. The van der Waals surface area contributed by atoms with Crippen LogP contribution in [0.15, 0.2) is 16.6 Å². The maximum absolute atomic E-state index is 13.3. The average molecular weight is 267 g/mol. The first kappa shape index (κ1) is 11.0. The van der Waals surface area contributed by atoms with Crippen LogP contribution in [0.25, 0.3) is 0 Å². The van der Waals surface area contributed by atoms with Crippen molar-refractivity contribution in [2.45, 2.75) is 12.8 Å². The van der Waals surface area contributed by atoms with Crippen molar-refractivity contribution in [1.29, 1.82) is 0 Å². The maximum Gasteiger partial charge on any atom is 0.156 e. The van der Waals surface area contributed by atoms with E-state index in [0.29, 0.717) is 11.0 Å². The van der Waals surface area contributed by atoms with Crippen molar-refractivity contribution in [1.82, 2.24) is 0 Å². The summed E-state index contributed by atoms with van der Waals surface area (Å²) in [7, 11) is 0. The van der Waals surface area contributed by atoms with Crippen molar-refractivity contribution in [3.8, 4) is 0 Å². The van der Waals surface area contributed by atoms with Gasteiger partial charge in [0.15, 0.2) is 5.82 Å². The van der Waals surface area contributed by atoms with Gasteiger partial charge >= 0.3 is 0 Å². The van der Waals surface area contributed by atoms with E-state index < -0.39 is 5.82 Å². The summed E-state index contributed by atoms with van der Waals surface area (Å²) in [6.07, 6.45) is 0. The molecular weight excluding hydrogens is 256 g/mol. The lowest BCUT2D eigenvalue weighted by molar-refractivity contribution is 0.614. The second-order valence-corrected chi connectivity index (χ2v) is 4.10. The van der Waals surface area contributed by atoms with Gasteiger partial charge in [0, 0.05) is 0 Å². The fourth-order valence-electron chi connectivity index (χ4n) is 1.05. The average Bonchev–Trinajstić information content (AvgIpc) is 2.13. The SMILES string of the molecule is CC(CN)c1ccc(Cl)c(F)c1Br. The maximum atomic E-state index is 13.3. The molecule has 2 N–H and O–H groups in total. The van der Waals surface area contributed by atoms with Crippen LogP contribution in [0.4, 0.5) is 4.39 Å². The number of rotatable bonds is 2. The van der Waals surface area contributed by atoms with E-state index in [9.17, 15) is 4.39 Å². The van der Waals surface area contributed by atoms with Crippen molar-refractivity contribution >= 4 is 27.5 Å². The molecule has 13 heavy (non-hydrogen) atoms. The van der Waals surface area contributed by atoms with E-state index in [-0.39, 0.29) is 10.9 Å². The molecule has 0 saturated heterocycles. The van der Waals surface area contributed by atoms with E-state index in [2.05, 4.69) is 15.9 Å². The summed E-state index contributed by atoms with van der Waals surface area (Å²) in [5.41, 5.74) is 6.34. The molecule has 1 atom stereocenters. The molecule has 1 rings (SSSR count). The topological polar surface area (TPSA) is 26.0 Å². The Morgan fingerprint density at radius 1 is 1.62 bits per heavy atom. The second-order valence-electron chi connectivity index (χ2n) is 2.90. The largest absolute Gasteiger partial charge is 0.330 e. The standard InChI is InChI=1S/C9H10BrClFN/c1-5(4-13)6-2-3-7(11)9(12)8(6)10/h2-3,5H,4,13H2,1H3. The minimum absolute atomic E-state index is 0.125. The number of benzene rings is 1. The van der Waals surface area contributed by atoms with Gasteiger partial charge < -0.3 is 5.73 Å². The zero-order valence-electron chi connectivity index (χ0n) is 7.15. The number of hydrogen-bond acceptors (Lipinski definition) is 1. The highest BCUT2D eigenvalue weighted by molar-refractivity contribution is 9.10. The summed E-state index contributed by atoms with van der Waals surface area (Å²) in [5, 5.41) is 0.125. The molecule has 0 fully saturated rings. The highest BCUT2D eigenvalue weighted by Gasteiger charge is 2.13. The number of hydrogen-bond donors (Lipinski definition) is 1. The van der Waals surface area contributed by atoms with Crippen molar-refractivity contribution in [3.63, 3.8) is 0 Å². The van der Waals surface area contributed by atoms with Gasteiger partial charge in [0.1, 0.15) is 0 Å². The third-order valence-electron chi connectivity index (χ3n) is 1.95. The Labute approximate surface area is 90.2 Å². The highest BCUT2D eigenvalue weighted by atomic mass is 79.9. The zero-order valence-corrected chi connectivity index (χ0v) is 9.49. The number of halogens is 3. The van der Waals surface area contributed by atoms with E-state index >= 15 is 0 Å². The van der Waals surface area contributed by atoms with Gasteiger partial charge in [-0.3, -0.25) is 0 Å². The molecule has 1 aromatic rings. The van der Waals surface area contributed by atoms with Crippen LogP contribution in [0.1, 0.15) is 18.4 Å². The summed E-state index contributed by atoms with van der Waals surface area (Å²) in [6.45, 7) is 2.42. The molecule has 0 heterocycles. The summed E-state index contributed by atoms with van der Waals surface area (Å²) < 4.78 is 13.7. The molecule has 72 valence electrons. The van der Waals surface area contributed by atoms with Gasteiger partial charge in [-0.2, -0.15) is 0 Å². The van der Waals surface area contributed by atoms with Crippen LogP contribution in [0.5, 0.6) is 0 Å². The van der Waals surface area contributed by atoms with Gasteiger partial charge in [-0.1, -0.05) is 24.6 Å². The molecule has 4 heteroatoms. The van der Waals surface area contributed by atoms with E-state index in [1.165, 1.54) is 0 Å². The Hall–Kier alpha value is -0.120. The van der Waals surface area contributed by atoms with E-state index in [1.807, 2.05) is 6.92 Å². The van der Waals surface area contributed by atoms with Crippen molar-refractivity contribution in [2.75, 3.05) is 6.54 Å². The molecule has 0 amide bonds. The monoisotopic (exact) mass is 265 g/mol. The molecule has 0 aliphatic rings. The summed E-state index contributed by atoms with van der Waals surface area (Å²) in [6, 6.07) is 3.33. The summed E-state index contributed by atoms with van der Waals surface area (Å²) >= 11 is 8.75. The molecule has 0 aromatic heterocycles. The lowest BCUT2D eigenvalue weighted by Gasteiger charge is -2.12. The van der Waals surface area contributed by atoms with Crippen LogP contribution in [0.2, 0.25) is 5.02 Å². The minimum atomic E-state index is -0.417. The Morgan fingerprint density at radius 2 is 2.23 bits per heavy atom. The predicted molar refractivity (Wildman–Crippen MR) is 56.6 cm³/mol. The fraction of sp³-hybridized carbons (Fsp3) is 0.333. The van der Waals surface area contributed by atoms with Crippen molar-refractivity contribution < 1.29 is 4.39 Å². The van der Waals surface area contributed by atoms with Crippen molar-refractivity contribution in [3.05, 3.63) is 33.0 Å². The van der Waals surface area contributed by atoms with Gasteiger partial charge in [0.25, 0.3) is 0 Å². The molecule has 0 saturated carbocycles. The van der Waals surface area contributed by atoms with E-state index in [1.54, 1.807) is 12.1 Å². The Balaban J connectivity index is 3.18. The third-order valence-corrected chi connectivity index (χ3v) is 3.05. The Kier molecular flexibility index (Phi) is 3.71. The van der Waals surface area contributed by atoms with Crippen LogP contribution >= 0.6 is 27.5 Å². The van der Waals surface area contributed by atoms with E-state index in [0.717, 1.165) is 5.56 Å². The van der Waals surface area contributed by atoms with Crippen LogP contribution in [0, 0.1) is 5.82 Å². The molecule has 0 bridgehead atoms. The smallest absolute Gasteiger partial charge is 0.156 e. The Morgan fingerprint density at radius 3 is 2.77 bits per heavy atom. The highest BCUT2D eigenvalue weighted by Crippen LogP contribution is 2.30. The first-order valence-electron chi connectivity index (χ1n) is 3.91. The quantitative estimate of drug-likeness (QED) is 0.817. The van der Waals surface area contributed by atoms with Gasteiger partial charge in [0.2, 0.25) is 0 Å². The molecule has 0 aliphatic carbocycles. The molecule has 0 spiro atoms. The molecule has 1 unspecified atom stereocenters. The van der Waals surface area contributed by atoms with Crippen LogP contribution in [0.3, 0.4) is 0 Å². The van der Waals surface area contributed by atoms with Crippen LogP contribution < -0.4 is 5.73 Å². The normalized spacial score (nSPS) is 13.0. The zero-order chi connectivity index (χ0) is 10.0. The summed E-state index contributed by atoms with van der Waals surface area (Å²) in [5.74, 6) is -0.291. The van der Waals surface area contributed by atoms with Crippen LogP contribution in [-0.2, 0) is 0 Å². The van der Waals surface area contributed by atoms with E-state index in [4.69, 9.17) is 17.3 Å². The lowest BCUT2D eigenvalue weighted by atomic mass is 10.0. The lowest BCUT2D eigenvalue weighted by Crippen LogP contribution is -2.09. The first-order chi connectivity index (χ1) is 6.07. The molecule has 0 radical (unpaired) electrons. The van der Waals surface area contributed by atoms with Gasteiger partial charge in [-0.15, -0.1) is 0 Å². The molecule has 0 aliphatic heterocycles. The first-order valence-corrected chi connectivity index (χ1v) is 5.08. The molecule has 1 nitrogen and oxygen atoms in total. The third kappa shape index (κ3) is 2.22. The molecular formula is C9H10BrClFN.